The number of hydrogen-bond acceptors (Lipinski definition) is 33. The van der Waals surface area contributed by atoms with Gasteiger partial charge >= 0.3 is 0 Å². The number of aliphatic hydroxyl groups excluding tert-OH is 13. The minimum atomic E-state index is -5.66. The highest BCUT2D eigenvalue weighted by atomic mass is 32.3. The Hall–Kier alpha value is -3.74. The molecule has 38 nitrogen and oxygen atoms in total. The third-order valence-electron chi connectivity index (χ3n) is 14.6. The van der Waals surface area contributed by atoms with E-state index in [1.54, 1.807) is 0 Å². The fourth-order valence-corrected chi connectivity index (χ4v) is 10.8. The number of amides is 5. The highest BCUT2D eigenvalue weighted by molar-refractivity contribution is 7.80. The summed E-state index contributed by atoms with van der Waals surface area (Å²) in [6.07, 6.45) is -46.9. The number of carbonyl (C=O) groups excluding carboxylic acids is 5. The normalized spacial score (nSPS) is 44.3. The number of hydrogen-bond donors (Lipinski definition) is 18. The molecule has 0 spiro atoms. The molecule has 30 atom stereocenters. The molecule has 0 aliphatic carbocycles. The molecule has 0 saturated carbocycles. The highest BCUT2D eigenvalue weighted by Gasteiger charge is 2.58. The maximum atomic E-state index is 12.9. The molecule has 0 radical (unpaired) electrons. The van der Waals surface area contributed by atoms with Gasteiger partial charge < -0.3 is 150 Å². The van der Waals surface area contributed by atoms with Gasteiger partial charge in [0.2, 0.25) is 39.9 Å². The molecule has 0 aromatic heterocycles. The summed E-state index contributed by atoms with van der Waals surface area (Å²) >= 11 is 0. The second-order valence-electron chi connectivity index (χ2n) is 21.0. The lowest BCUT2D eigenvalue weighted by Crippen LogP contribution is -2.72. The van der Waals surface area contributed by atoms with E-state index in [9.17, 15) is 103 Å². The van der Waals surface area contributed by atoms with E-state index >= 15 is 0 Å². The maximum Gasteiger partial charge on any atom is 0.217 e. The summed E-state index contributed by atoms with van der Waals surface area (Å²) in [5.41, 5.74) is 0. The summed E-state index contributed by atoms with van der Waals surface area (Å²) in [6, 6.07) is -8.93. The van der Waals surface area contributed by atoms with Crippen molar-refractivity contribution < 1.29 is 160 Å². The Labute approximate surface area is 483 Å². The van der Waals surface area contributed by atoms with Crippen molar-refractivity contribution in [2.45, 2.75) is 225 Å². The number of rotatable bonds is 22. The number of aliphatic hydroxyl groups is 13. The fraction of sp³-hybridized carbons (Fsp3) is 0.891. The molecule has 5 amide bonds. The van der Waals surface area contributed by atoms with Gasteiger partial charge in [-0.15, -0.1) is 0 Å². The topological polar surface area (TPSA) is 576 Å². The van der Waals surface area contributed by atoms with Crippen molar-refractivity contribution in [1.29, 1.82) is 0 Å². The van der Waals surface area contributed by atoms with Gasteiger partial charge in [-0.3, -0.25) is 28.2 Å². The van der Waals surface area contributed by atoms with Gasteiger partial charge in [0.1, 0.15) is 140 Å². The van der Waals surface area contributed by atoms with Crippen molar-refractivity contribution in [2.24, 2.45) is 0 Å². The fourth-order valence-electron chi connectivity index (χ4n) is 10.5. The molecule has 39 heteroatoms. The number of nitrogens with one attached hydrogen (secondary N) is 5. The molecule has 18 N–H and O–H groups in total. The second kappa shape index (κ2) is 30.2. The molecule has 6 aliphatic rings. The van der Waals surface area contributed by atoms with E-state index in [-0.39, 0.29) is 0 Å². The molecule has 0 aromatic carbocycles. The molecule has 6 fully saturated rings. The summed E-state index contributed by atoms with van der Waals surface area (Å²) in [4.78, 5) is 62.8. The molecule has 0 aromatic rings. The van der Waals surface area contributed by atoms with Crippen LogP contribution in [-0.2, 0) is 90.7 Å². The monoisotopic (exact) mass is 1260 g/mol. The van der Waals surface area contributed by atoms with Crippen molar-refractivity contribution in [3.05, 3.63) is 0 Å². The Morgan fingerprint density at radius 3 is 1.11 bits per heavy atom. The van der Waals surface area contributed by atoms with Crippen molar-refractivity contribution >= 4 is 39.9 Å². The largest absolute Gasteiger partial charge is 0.726 e. The molecule has 30 unspecified atom stereocenters. The molecule has 6 aliphatic heterocycles. The van der Waals surface area contributed by atoms with Crippen LogP contribution in [-0.4, -0.2) is 326 Å². The van der Waals surface area contributed by atoms with Gasteiger partial charge in [0.05, 0.1) is 39.1 Å². The predicted octanol–water partition coefficient (Wildman–Crippen LogP) is -12.9. The molecule has 6 rings (SSSR count). The minimum Gasteiger partial charge on any atom is -0.726 e. The standard InChI is InChI=1S/C46H77N5O33S/c1-12-28(60)35(67)36(68)46(75-12)73-10-21-39(31(63)23(41(69)76-21)47-13(2)55)83-45-27(51-17(6)59)34(66)40(22(80-45)11-74-85(70,71)72)84-44-26(50-16(5)58)33(65)38(20(9-54)79-44)82-43-25(49-15(4)57)32(64)37(19(8-53)78-43)81-42-24(48-14(3)56)30(62)29(61)18(7-52)77-42/h12,18-46,52-54,60-69H,7-11H2,1-6H3,(H,47,55)(H,48,56)(H,49,57)(H,50,58)(H,51,59)(H,70,71,72)/p-1. The molecule has 85 heavy (non-hydrogen) atoms. The van der Waals surface area contributed by atoms with Gasteiger partial charge in [0.25, 0.3) is 0 Å². The van der Waals surface area contributed by atoms with Crippen LogP contribution in [0.4, 0.5) is 0 Å². The summed E-state index contributed by atoms with van der Waals surface area (Å²) in [6.45, 7) is 1.04. The first-order chi connectivity index (χ1) is 39.8. The van der Waals surface area contributed by atoms with Crippen LogP contribution in [0, 0.1) is 0 Å². The quantitative estimate of drug-likeness (QED) is 0.0353. The molecular formula is C46H76N5O33S-. The summed E-state index contributed by atoms with van der Waals surface area (Å²) in [5, 5.41) is 154. The van der Waals surface area contributed by atoms with Gasteiger partial charge in [-0.2, -0.15) is 0 Å². The molecular weight excluding hydrogens is 1180 g/mol. The van der Waals surface area contributed by atoms with Gasteiger partial charge in [0, 0.05) is 34.6 Å². The molecule has 0 bridgehead atoms. The van der Waals surface area contributed by atoms with Gasteiger partial charge in [0.15, 0.2) is 37.7 Å². The van der Waals surface area contributed by atoms with Crippen LogP contribution in [0.25, 0.3) is 0 Å². The highest BCUT2D eigenvalue weighted by Crippen LogP contribution is 2.37. The van der Waals surface area contributed by atoms with Crippen LogP contribution < -0.4 is 26.6 Å². The maximum absolute atomic E-state index is 12.9. The smallest absolute Gasteiger partial charge is 0.217 e. The number of carbonyl (C=O) groups is 5. The Morgan fingerprint density at radius 1 is 0.400 bits per heavy atom. The summed E-state index contributed by atoms with van der Waals surface area (Å²) in [5.74, 6) is -4.30. The number of ether oxygens (including phenoxy) is 11. The Balaban J connectivity index is 1.29. The van der Waals surface area contributed by atoms with E-state index in [0.29, 0.717) is 0 Å². The van der Waals surface area contributed by atoms with Crippen molar-refractivity contribution in [3.8, 4) is 0 Å². The van der Waals surface area contributed by atoms with E-state index in [2.05, 4.69) is 30.8 Å². The van der Waals surface area contributed by atoms with E-state index in [4.69, 9.17) is 52.1 Å². The summed E-state index contributed by atoms with van der Waals surface area (Å²) in [7, 11) is -5.66. The third kappa shape index (κ3) is 17.2. The first-order valence-corrected chi connectivity index (χ1v) is 27.9. The second-order valence-corrected chi connectivity index (χ2v) is 22.0. The first kappa shape index (κ1) is 70.3. The lowest BCUT2D eigenvalue weighted by molar-refractivity contribution is -0.368. The van der Waals surface area contributed by atoms with Gasteiger partial charge in [-0.25, -0.2) is 8.42 Å². The Bertz CT molecular complexity index is 2360. The van der Waals surface area contributed by atoms with Gasteiger partial charge in [-0.1, -0.05) is 0 Å². The average molecular weight is 1260 g/mol. The van der Waals surface area contributed by atoms with Crippen LogP contribution >= 0.6 is 0 Å². The molecule has 6 heterocycles. The van der Waals surface area contributed by atoms with Crippen LogP contribution in [0.3, 0.4) is 0 Å². The first-order valence-electron chi connectivity index (χ1n) is 26.6. The van der Waals surface area contributed by atoms with Crippen LogP contribution in [0.15, 0.2) is 0 Å². The lowest BCUT2D eigenvalue weighted by atomic mass is 9.93. The van der Waals surface area contributed by atoms with E-state index in [1.807, 2.05) is 0 Å². The zero-order valence-corrected chi connectivity index (χ0v) is 47.1. The third-order valence-corrected chi connectivity index (χ3v) is 15.0. The van der Waals surface area contributed by atoms with E-state index < -0.39 is 257 Å². The molecule has 490 valence electrons. The average Bonchev–Trinajstić information content (AvgIpc) is 3.50. The lowest BCUT2D eigenvalue weighted by Gasteiger charge is -2.51. The van der Waals surface area contributed by atoms with E-state index in [1.165, 1.54) is 6.92 Å². The Kier molecular flexibility index (Phi) is 25.0. The summed E-state index contributed by atoms with van der Waals surface area (Å²) < 4.78 is 105. The van der Waals surface area contributed by atoms with Crippen LogP contribution in [0.2, 0.25) is 0 Å². The van der Waals surface area contributed by atoms with Crippen molar-refractivity contribution in [1.82, 2.24) is 26.6 Å². The zero-order chi connectivity index (χ0) is 63.3. The van der Waals surface area contributed by atoms with Crippen LogP contribution in [0.1, 0.15) is 41.5 Å². The van der Waals surface area contributed by atoms with E-state index in [0.717, 1.165) is 34.6 Å². The SMILES string of the molecule is CC(=O)NC1C(O)OC(COC2OC(C)C(O)C(O)C2O)C(OC2OC(COS(=O)(=O)[O-])C(OC3OC(CO)C(OC4OC(CO)C(OC5OC(CO)C(O)C(O)C5NC(C)=O)C(O)C4NC(C)=O)C(O)C3NC(C)=O)C(O)C2NC(C)=O)C1O. The van der Waals surface area contributed by atoms with Crippen LogP contribution in [0.5, 0.6) is 0 Å². The Morgan fingerprint density at radius 2 is 0.729 bits per heavy atom. The zero-order valence-electron chi connectivity index (χ0n) is 46.2. The predicted molar refractivity (Wildman–Crippen MR) is 264 cm³/mol. The van der Waals surface area contributed by atoms with Crippen molar-refractivity contribution in [2.75, 3.05) is 33.0 Å². The van der Waals surface area contributed by atoms with Crippen molar-refractivity contribution in [3.63, 3.8) is 0 Å². The van der Waals surface area contributed by atoms with Gasteiger partial charge in [-0.05, 0) is 6.92 Å². The minimum absolute atomic E-state index is 0.751. The molecule has 6 saturated heterocycles.